The SMILES string of the molecule is Brc1ccc(NCc2coc3ccccc23)nc1. The van der Waals surface area contributed by atoms with Crippen molar-refractivity contribution in [2.75, 3.05) is 5.32 Å². The summed E-state index contributed by atoms with van der Waals surface area (Å²) in [5.41, 5.74) is 2.05. The summed E-state index contributed by atoms with van der Waals surface area (Å²) in [6.45, 7) is 0.700. The summed E-state index contributed by atoms with van der Waals surface area (Å²) in [5.74, 6) is 0.850. The lowest BCUT2D eigenvalue weighted by Crippen LogP contribution is -2.00. The summed E-state index contributed by atoms with van der Waals surface area (Å²) in [6, 6.07) is 11.9. The number of para-hydroxylation sites is 1. The number of rotatable bonds is 3. The molecular formula is C14H11BrN2O. The van der Waals surface area contributed by atoms with Gasteiger partial charge < -0.3 is 9.73 Å². The van der Waals surface area contributed by atoms with Crippen LogP contribution in [0.25, 0.3) is 11.0 Å². The van der Waals surface area contributed by atoms with Crippen LogP contribution >= 0.6 is 15.9 Å². The van der Waals surface area contributed by atoms with Gasteiger partial charge in [-0.1, -0.05) is 18.2 Å². The second kappa shape index (κ2) is 4.82. The summed E-state index contributed by atoms with van der Waals surface area (Å²) in [4.78, 5) is 4.27. The molecule has 0 amide bonds. The Bertz CT molecular complexity index is 661. The van der Waals surface area contributed by atoms with Crippen LogP contribution in [0.15, 0.2) is 57.7 Å². The van der Waals surface area contributed by atoms with Crippen LogP contribution in [-0.2, 0) is 6.54 Å². The summed E-state index contributed by atoms with van der Waals surface area (Å²) >= 11 is 3.36. The fraction of sp³-hybridized carbons (Fsp3) is 0.0714. The molecule has 0 aliphatic heterocycles. The number of pyridine rings is 1. The van der Waals surface area contributed by atoms with E-state index in [0.29, 0.717) is 6.54 Å². The molecule has 3 rings (SSSR count). The van der Waals surface area contributed by atoms with Gasteiger partial charge in [-0.15, -0.1) is 0 Å². The molecule has 2 heterocycles. The fourth-order valence-electron chi connectivity index (χ4n) is 1.84. The van der Waals surface area contributed by atoms with Gasteiger partial charge in [-0.05, 0) is 34.1 Å². The lowest BCUT2D eigenvalue weighted by atomic mass is 10.2. The highest BCUT2D eigenvalue weighted by molar-refractivity contribution is 9.10. The van der Waals surface area contributed by atoms with E-state index in [2.05, 4.69) is 32.3 Å². The molecule has 0 spiro atoms. The van der Waals surface area contributed by atoms with Crippen molar-refractivity contribution >= 4 is 32.7 Å². The van der Waals surface area contributed by atoms with Gasteiger partial charge >= 0.3 is 0 Å². The van der Waals surface area contributed by atoms with Gasteiger partial charge in [-0.25, -0.2) is 4.98 Å². The van der Waals surface area contributed by atoms with Gasteiger partial charge in [0.1, 0.15) is 11.4 Å². The third kappa shape index (κ3) is 2.24. The van der Waals surface area contributed by atoms with E-state index in [9.17, 15) is 0 Å². The van der Waals surface area contributed by atoms with Gasteiger partial charge in [0, 0.05) is 28.2 Å². The van der Waals surface area contributed by atoms with Gasteiger partial charge in [0.05, 0.1) is 6.26 Å². The van der Waals surface area contributed by atoms with Crippen LogP contribution in [0.1, 0.15) is 5.56 Å². The molecule has 0 fully saturated rings. The van der Waals surface area contributed by atoms with Crippen molar-refractivity contribution < 1.29 is 4.42 Å². The molecule has 3 nitrogen and oxygen atoms in total. The van der Waals surface area contributed by atoms with E-state index >= 15 is 0 Å². The lowest BCUT2D eigenvalue weighted by molar-refractivity contribution is 0.611. The molecule has 4 heteroatoms. The first-order chi connectivity index (χ1) is 8.83. The number of aromatic nitrogens is 1. The van der Waals surface area contributed by atoms with Crippen LogP contribution in [0.3, 0.4) is 0 Å². The lowest BCUT2D eigenvalue weighted by Gasteiger charge is -2.03. The Kier molecular flexibility index (Phi) is 3.02. The molecule has 2 aromatic heterocycles. The summed E-state index contributed by atoms with van der Waals surface area (Å²) in [6.07, 6.45) is 3.56. The summed E-state index contributed by atoms with van der Waals surface area (Å²) in [7, 11) is 0. The van der Waals surface area contributed by atoms with E-state index in [1.54, 1.807) is 12.5 Å². The summed E-state index contributed by atoms with van der Waals surface area (Å²) < 4.78 is 6.46. The van der Waals surface area contributed by atoms with Crippen molar-refractivity contribution in [2.24, 2.45) is 0 Å². The number of nitrogens with zero attached hydrogens (tertiary/aromatic N) is 1. The van der Waals surface area contributed by atoms with Crippen LogP contribution in [-0.4, -0.2) is 4.98 Å². The van der Waals surface area contributed by atoms with Gasteiger partial charge in [0.2, 0.25) is 0 Å². The smallest absolute Gasteiger partial charge is 0.134 e. The highest BCUT2D eigenvalue weighted by Gasteiger charge is 2.04. The second-order valence-corrected chi connectivity index (χ2v) is 4.89. The molecular weight excluding hydrogens is 292 g/mol. The van der Waals surface area contributed by atoms with E-state index < -0.39 is 0 Å². The zero-order valence-corrected chi connectivity index (χ0v) is 11.1. The predicted molar refractivity (Wildman–Crippen MR) is 75.5 cm³/mol. The van der Waals surface area contributed by atoms with Gasteiger partial charge in [0.25, 0.3) is 0 Å². The monoisotopic (exact) mass is 302 g/mol. The van der Waals surface area contributed by atoms with Gasteiger partial charge in [-0.2, -0.15) is 0 Å². The minimum atomic E-state index is 0.700. The Hall–Kier alpha value is -1.81. The zero-order chi connectivity index (χ0) is 12.4. The Morgan fingerprint density at radius 3 is 2.89 bits per heavy atom. The van der Waals surface area contributed by atoms with Gasteiger partial charge in [0.15, 0.2) is 0 Å². The van der Waals surface area contributed by atoms with E-state index in [4.69, 9.17) is 4.42 Å². The average Bonchev–Trinajstić information content (AvgIpc) is 2.82. The first kappa shape index (κ1) is 11.3. The number of benzene rings is 1. The fourth-order valence-corrected chi connectivity index (χ4v) is 2.07. The third-order valence-corrected chi connectivity index (χ3v) is 3.22. The quantitative estimate of drug-likeness (QED) is 0.788. The van der Waals surface area contributed by atoms with Gasteiger partial charge in [-0.3, -0.25) is 0 Å². The van der Waals surface area contributed by atoms with E-state index in [0.717, 1.165) is 26.8 Å². The number of fused-ring (bicyclic) bond motifs is 1. The van der Waals surface area contributed by atoms with Crippen LogP contribution in [0.5, 0.6) is 0 Å². The molecule has 18 heavy (non-hydrogen) atoms. The molecule has 0 atom stereocenters. The Morgan fingerprint density at radius 1 is 1.17 bits per heavy atom. The molecule has 3 aromatic rings. The standard InChI is InChI=1S/C14H11BrN2O/c15-11-5-6-14(17-8-11)16-7-10-9-18-13-4-2-1-3-12(10)13/h1-6,8-9H,7H2,(H,16,17). The van der Waals surface area contributed by atoms with Crippen molar-refractivity contribution in [3.63, 3.8) is 0 Å². The van der Waals surface area contributed by atoms with E-state index in [-0.39, 0.29) is 0 Å². The molecule has 0 saturated carbocycles. The largest absolute Gasteiger partial charge is 0.464 e. The van der Waals surface area contributed by atoms with Crippen molar-refractivity contribution in [2.45, 2.75) is 6.54 Å². The molecule has 0 unspecified atom stereocenters. The maximum Gasteiger partial charge on any atom is 0.134 e. The number of hydrogen-bond donors (Lipinski definition) is 1. The van der Waals surface area contributed by atoms with Crippen LogP contribution < -0.4 is 5.32 Å². The molecule has 1 aromatic carbocycles. The molecule has 90 valence electrons. The maximum absolute atomic E-state index is 5.49. The van der Waals surface area contributed by atoms with Crippen molar-refractivity contribution in [1.82, 2.24) is 4.98 Å². The normalized spacial score (nSPS) is 10.7. The highest BCUT2D eigenvalue weighted by Crippen LogP contribution is 2.21. The first-order valence-electron chi connectivity index (χ1n) is 5.63. The second-order valence-electron chi connectivity index (χ2n) is 3.97. The average molecular weight is 303 g/mol. The number of furan rings is 1. The number of nitrogens with one attached hydrogen (secondary N) is 1. The Balaban J connectivity index is 1.79. The molecule has 0 bridgehead atoms. The molecule has 0 aliphatic carbocycles. The number of hydrogen-bond acceptors (Lipinski definition) is 3. The minimum absolute atomic E-state index is 0.700. The molecule has 0 aliphatic rings. The van der Waals surface area contributed by atoms with E-state index in [1.165, 1.54) is 0 Å². The zero-order valence-electron chi connectivity index (χ0n) is 9.56. The summed E-state index contributed by atoms with van der Waals surface area (Å²) in [5, 5.41) is 4.42. The van der Waals surface area contributed by atoms with Crippen molar-refractivity contribution in [1.29, 1.82) is 0 Å². The molecule has 1 N–H and O–H groups in total. The predicted octanol–water partition coefficient (Wildman–Crippen LogP) is 4.20. The number of halogens is 1. The molecule has 0 saturated heterocycles. The minimum Gasteiger partial charge on any atom is -0.464 e. The first-order valence-corrected chi connectivity index (χ1v) is 6.43. The Labute approximate surface area is 113 Å². The topological polar surface area (TPSA) is 38.1 Å². The van der Waals surface area contributed by atoms with E-state index in [1.807, 2.05) is 30.3 Å². The molecule has 0 radical (unpaired) electrons. The van der Waals surface area contributed by atoms with Crippen LogP contribution in [0, 0.1) is 0 Å². The van der Waals surface area contributed by atoms with Crippen LogP contribution in [0.2, 0.25) is 0 Å². The Morgan fingerprint density at radius 2 is 2.06 bits per heavy atom. The van der Waals surface area contributed by atoms with Crippen molar-refractivity contribution in [3.05, 3.63) is 58.9 Å². The van der Waals surface area contributed by atoms with Crippen LogP contribution in [0.4, 0.5) is 5.82 Å². The van der Waals surface area contributed by atoms with Crippen molar-refractivity contribution in [3.8, 4) is 0 Å². The number of anilines is 1. The maximum atomic E-state index is 5.49. The third-order valence-electron chi connectivity index (χ3n) is 2.75. The highest BCUT2D eigenvalue weighted by atomic mass is 79.9.